The van der Waals surface area contributed by atoms with E-state index >= 15 is 0 Å². The molecule has 0 amide bonds. The van der Waals surface area contributed by atoms with Crippen molar-refractivity contribution in [3.63, 3.8) is 0 Å². The van der Waals surface area contributed by atoms with Crippen LogP contribution in [0.3, 0.4) is 0 Å². The van der Waals surface area contributed by atoms with Crippen LogP contribution in [0.4, 0.5) is 5.69 Å². The lowest BCUT2D eigenvalue weighted by Gasteiger charge is -2.04. The van der Waals surface area contributed by atoms with Gasteiger partial charge in [0.15, 0.2) is 0 Å². The standard InChI is InChI=1S/C7H7NO5S/c8-4-2-1-3-5(14(11,12)13)6(4)7(9)10/h1-3H,8H2,(H,9,10)(H,11,12,13). The Balaban J connectivity index is 3.61. The Morgan fingerprint density at radius 1 is 1.36 bits per heavy atom. The summed E-state index contributed by atoms with van der Waals surface area (Å²) in [6.07, 6.45) is 0. The van der Waals surface area contributed by atoms with Gasteiger partial charge in [-0.15, -0.1) is 0 Å². The summed E-state index contributed by atoms with van der Waals surface area (Å²) >= 11 is 0. The highest BCUT2D eigenvalue weighted by Crippen LogP contribution is 2.21. The van der Waals surface area contributed by atoms with Crippen LogP contribution in [0.25, 0.3) is 0 Å². The first kappa shape index (κ1) is 10.5. The Morgan fingerprint density at radius 3 is 2.29 bits per heavy atom. The van der Waals surface area contributed by atoms with Gasteiger partial charge in [0.25, 0.3) is 10.1 Å². The summed E-state index contributed by atoms with van der Waals surface area (Å²) < 4.78 is 30.2. The number of hydrogen-bond donors (Lipinski definition) is 3. The molecule has 0 fully saturated rings. The van der Waals surface area contributed by atoms with Gasteiger partial charge in [-0.2, -0.15) is 8.42 Å². The lowest BCUT2D eigenvalue weighted by Crippen LogP contribution is -2.10. The third-order valence-corrected chi connectivity index (χ3v) is 2.45. The lowest BCUT2D eigenvalue weighted by atomic mass is 10.2. The van der Waals surface area contributed by atoms with Crippen LogP contribution in [0.2, 0.25) is 0 Å². The number of hydrogen-bond acceptors (Lipinski definition) is 4. The molecule has 0 heterocycles. The van der Waals surface area contributed by atoms with Gasteiger partial charge in [-0.05, 0) is 12.1 Å². The zero-order chi connectivity index (χ0) is 10.9. The number of rotatable bonds is 2. The molecule has 0 aliphatic carbocycles. The van der Waals surface area contributed by atoms with Gasteiger partial charge < -0.3 is 10.8 Å². The van der Waals surface area contributed by atoms with Crippen molar-refractivity contribution in [3.8, 4) is 0 Å². The number of nitrogens with two attached hydrogens (primary N) is 1. The Hall–Kier alpha value is -1.60. The highest BCUT2D eigenvalue weighted by atomic mass is 32.2. The average Bonchev–Trinajstić information content (AvgIpc) is 2.01. The van der Waals surface area contributed by atoms with Gasteiger partial charge in [0.2, 0.25) is 0 Å². The number of aromatic carboxylic acids is 1. The summed E-state index contributed by atoms with van der Waals surface area (Å²) in [5.41, 5.74) is 4.43. The van der Waals surface area contributed by atoms with E-state index in [0.29, 0.717) is 0 Å². The molecule has 0 saturated carbocycles. The van der Waals surface area contributed by atoms with E-state index in [0.717, 1.165) is 6.07 Å². The summed E-state index contributed by atoms with van der Waals surface area (Å²) in [5.74, 6) is -1.50. The smallest absolute Gasteiger partial charge is 0.339 e. The fourth-order valence-corrected chi connectivity index (χ4v) is 1.71. The van der Waals surface area contributed by atoms with Crippen molar-refractivity contribution in [3.05, 3.63) is 23.8 Å². The SMILES string of the molecule is Nc1cccc(S(=O)(=O)O)c1C(=O)O. The monoisotopic (exact) mass is 217 g/mol. The lowest BCUT2D eigenvalue weighted by molar-refractivity contribution is 0.0693. The van der Waals surface area contributed by atoms with Gasteiger partial charge in [0.1, 0.15) is 10.5 Å². The molecule has 0 unspecified atom stereocenters. The molecular formula is C7H7NO5S. The molecule has 4 N–H and O–H groups in total. The second-order valence-electron chi connectivity index (χ2n) is 2.50. The van der Waals surface area contributed by atoms with Gasteiger partial charge in [-0.25, -0.2) is 4.79 Å². The third-order valence-electron chi connectivity index (χ3n) is 1.55. The van der Waals surface area contributed by atoms with E-state index in [1.165, 1.54) is 12.1 Å². The number of carboxylic acids is 1. The molecule has 1 aromatic rings. The molecule has 14 heavy (non-hydrogen) atoms. The third kappa shape index (κ3) is 1.83. The molecular weight excluding hydrogens is 210 g/mol. The molecule has 76 valence electrons. The van der Waals surface area contributed by atoms with Gasteiger partial charge in [0.05, 0.1) is 0 Å². The fourth-order valence-electron chi connectivity index (χ4n) is 0.992. The summed E-state index contributed by atoms with van der Waals surface area (Å²) in [6.45, 7) is 0. The summed E-state index contributed by atoms with van der Waals surface area (Å²) in [5, 5.41) is 8.65. The van der Waals surface area contributed by atoms with E-state index in [-0.39, 0.29) is 5.69 Å². The predicted octanol–water partition coefficient (Wildman–Crippen LogP) is 0.214. The summed E-state index contributed by atoms with van der Waals surface area (Å²) in [6, 6.07) is 3.44. The van der Waals surface area contributed by atoms with E-state index in [9.17, 15) is 13.2 Å². The van der Waals surface area contributed by atoms with E-state index in [1.807, 2.05) is 0 Å². The van der Waals surface area contributed by atoms with Gasteiger partial charge in [-0.1, -0.05) is 6.07 Å². The molecule has 1 rings (SSSR count). The first-order valence-electron chi connectivity index (χ1n) is 3.43. The maximum atomic E-state index is 10.7. The second-order valence-corrected chi connectivity index (χ2v) is 3.89. The molecule has 0 radical (unpaired) electrons. The van der Waals surface area contributed by atoms with Gasteiger partial charge in [-0.3, -0.25) is 4.55 Å². The number of benzene rings is 1. The van der Waals surface area contributed by atoms with E-state index in [4.69, 9.17) is 15.4 Å². The van der Waals surface area contributed by atoms with Crippen molar-refractivity contribution in [1.29, 1.82) is 0 Å². The van der Waals surface area contributed by atoms with Crippen molar-refractivity contribution in [2.45, 2.75) is 4.90 Å². The van der Waals surface area contributed by atoms with E-state index in [2.05, 4.69) is 0 Å². The van der Waals surface area contributed by atoms with Crippen LogP contribution in [0.15, 0.2) is 23.1 Å². The second kappa shape index (κ2) is 3.28. The number of anilines is 1. The molecule has 1 aromatic carbocycles. The number of carbonyl (C=O) groups is 1. The van der Waals surface area contributed by atoms with Crippen LogP contribution in [-0.4, -0.2) is 24.0 Å². The Labute approximate surface area is 79.7 Å². The normalized spacial score (nSPS) is 11.2. The van der Waals surface area contributed by atoms with Crippen molar-refractivity contribution in [2.75, 3.05) is 5.73 Å². The zero-order valence-electron chi connectivity index (χ0n) is 6.84. The van der Waals surface area contributed by atoms with E-state index < -0.39 is 26.5 Å². The fraction of sp³-hybridized carbons (Fsp3) is 0. The Bertz CT molecular complexity index is 479. The molecule has 0 bridgehead atoms. The van der Waals surface area contributed by atoms with Crippen LogP contribution in [0.5, 0.6) is 0 Å². The van der Waals surface area contributed by atoms with Crippen molar-refractivity contribution < 1.29 is 22.9 Å². The first-order valence-corrected chi connectivity index (χ1v) is 4.87. The van der Waals surface area contributed by atoms with Gasteiger partial charge >= 0.3 is 5.97 Å². The first-order chi connectivity index (χ1) is 6.34. The minimum Gasteiger partial charge on any atom is -0.478 e. The minimum absolute atomic E-state index is 0.215. The average molecular weight is 217 g/mol. The minimum atomic E-state index is -4.56. The molecule has 0 aliphatic heterocycles. The van der Waals surface area contributed by atoms with Crippen LogP contribution in [0.1, 0.15) is 10.4 Å². The zero-order valence-corrected chi connectivity index (χ0v) is 7.65. The maximum absolute atomic E-state index is 10.7. The van der Waals surface area contributed by atoms with Gasteiger partial charge in [0, 0.05) is 5.69 Å². The molecule has 6 nitrogen and oxygen atoms in total. The number of carboxylic acid groups (broad SMARTS) is 1. The Morgan fingerprint density at radius 2 is 1.93 bits per heavy atom. The predicted molar refractivity (Wildman–Crippen MR) is 47.6 cm³/mol. The summed E-state index contributed by atoms with van der Waals surface area (Å²) in [4.78, 5) is 9.93. The van der Waals surface area contributed by atoms with Crippen LogP contribution < -0.4 is 5.73 Å². The molecule has 0 saturated heterocycles. The van der Waals surface area contributed by atoms with E-state index in [1.54, 1.807) is 0 Å². The molecule has 0 spiro atoms. The molecule has 0 aromatic heterocycles. The topological polar surface area (TPSA) is 118 Å². The Kier molecular flexibility index (Phi) is 2.45. The highest BCUT2D eigenvalue weighted by Gasteiger charge is 2.21. The van der Waals surface area contributed by atoms with Crippen LogP contribution in [-0.2, 0) is 10.1 Å². The summed E-state index contributed by atoms with van der Waals surface area (Å²) in [7, 11) is -4.56. The quantitative estimate of drug-likeness (QED) is 0.481. The highest BCUT2D eigenvalue weighted by molar-refractivity contribution is 7.86. The molecule has 0 atom stereocenters. The van der Waals surface area contributed by atoms with Crippen molar-refractivity contribution in [2.24, 2.45) is 0 Å². The molecule has 0 aliphatic rings. The maximum Gasteiger partial charge on any atom is 0.339 e. The van der Waals surface area contributed by atoms with Crippen molar-refractivity contribution in [1.82, 2.24) is 0 Å². The molecule has 7 heteroatoms. The van der Waals surface area contributed by atoms with Crippen LogP contribution in [0, 0.1) is 0 Å². The van der Waals surface area contributed by atoms with Crippen LogP contribution >= 0.6 is 0 Å². The number of nitrogen functional groups attached to an aromatic ring is 1. The largest absolute Gasteiger partial charge is 0.478 e. The van der Waals surface area contributed by atoms with Crippen molar-refractivity contribution >= 4 is 21.8 Å².